The Kier molecular flexibility index (Phi) is 5.84. The van der Waals surface area contributed by atoms with Gasteiger partial charge in [0.15, 0.2) is 0 Å². The number of carbonyl (C=O) groups is 2. The minimum atomic E-state index is -0.475. The summed E-state index contributed by atoms with van der Waals surface area (Å²) in [6, 6.07) is 9.77. The number of anilines is 1. The predicted molar refractivity (Wildman–Crippen MR) is 114 cm³/mol. The summed E-state index contributed by atoms with van der Waals surface area (Å²) in [6.07, 6.45) is 1.56. The molecule has 0 aliphatic rings. The van der Waals surface area contributed by atoms with Gasteiger partial charge in [0.2, 0.25) is 5.91 Å². The molecule has 0 aliphatic heterocycles. The molecular formula is C21H26N4O2S. The number of aromatic nitrogens is 2. The Morgan fingerprint density at radius 2 is 1.96 bits per heavy atom. The van der Waals surface area contributed by atoms with Crippen LogP contribution in [0.4, 0.5) is 5.00 Å². The highest BCUT2D eigenvalue weighted by Gasteiger charge is 2.23. The molecule has 28 heavy (non-hydrogen) atoms. The van der Waals surface area contributed by atoms with Gasteiger partial charge in [0.05, 0.1) is 20.9 Å². The highest BCUT2D eigenvalue weighted by Crippen LogP contribution is 2.28. The van der Waals surface area contributed by atoms with E-state index in [1.807, 2.05) is 58.0 Å². The van der Waals surface area contributed by atoms with Crippen molar-refractivity contribution in [2.24, 2.45) is 5.41 Å². The number of benzene rings is 1. The van der Waals surface area contributed by atoms with E-state index in [2.05, 4.69) is 20.6 Å². The van der Waals surface area contributed by atoms with E-state index in [0.717, 1.165) is 35.3 Å². The predicted octanol–water partition coefficient (Wildman–Crippen LogP) is 4.28. The van der Waals surface area contributed by atoms with Gasteiger partial charge in [-0.15, -0.1) is 11.3 Å². The van der Waals surface area contributed by atoms with Crippen molar-refractivity contribution < 1.29 is 9.59 Å². The number of fused-ring (bicyclic) bond motifs is 1. The van der Waals surface area contributed by atoms with E-state index < -0.39 is 5.41 Å². The van der Waals surface area contributed by atoms with Gasteiger partial charge in [-0.3, -0.25) is 9.59 Å². The number of imidazole rings is 1. The topological polar surface area (TPSA) is 86.9 Å². The molecule has 2 aromatic heterocycles. The van der Waals surface area contributed by atoms with Gasteiger partial charge in [0, 0.05) is 18.4 Å². The lowest BCUT2D eigenvalue weighted by atomic mass is 9.96. The summed E-state index contributed by atoms with van der Waals surface area (Å²) in [6.45, 7) is 8.03. The van der Waals surface area contributed by atoms with Crippen LogP contribution in [0.15, 0.2) is 30.3 Å². The summed E-state index contributed by atoms with van der Waals surface area (Å²) in [7, 11) is 0. The number of thiophene rings is 1. The van der Waals surface area contributed by atoms with Crippen LogP contribution in [0, 0.1) is 12.3 Å². The number of hydrogen-bond donors (Lipinski definition) is 3. The number of H-pyrrole nitrogens is 1. The first kappa shape index (κ1) is 20.1. The Morgan fingerprint density at radius 3 is 2.68 bits per heavy atom. The number of nitrogens with zero attached hydrogens (tertiary/aromatic N) is 1. The molecule has 0 unspecified atom stereocenters. The van der Waals surface area contributed by atoms with E-state index in [-0.39, 0.29) is 11.8 Å². The van der Waals surface area contributed by atoms with E-state index in [4.69, 9.17) is 0 Å². The van der Waals surface area contributed by atoms with E-state index >= 15 is 0 Å². The van der Waals surface area contributed by atoms with Gasteiger partial charge >= 0.3 is 0 Å². The number of amides is 2. The van der Waals surface area contributed by atoms with Crippen molar-refractivity contribution in [3.63, 3.8) is 0 Å². The normalized spacial score (nSPS) is 11.6. The fourth-order valence-electron chi connectivity index (χ4n) is 2.73. The lowest BCUT2D eigenvalue weighted by Gasteiger charge is -2.16. The summed E-state index contributed by atoms with van der Waals surface area (Å²) in [5.74, 6) is 0.754. The fourth-order valence-corrected chi connectivity index (χ4v) is 3.71. The number of para-hydroxylation sites is 2. The second-order valence-corrected chi connectivity index (χ2v) is 8.94. The SMILES string of the molecule is Cc1cc(NC(=O)C(C)(C)C)sc1C(=O)NCCCc1nc2ccccc2[nH]1. The smallest absolute Gasteiger partial charge is 0.261 e. The lowest BCUT2D eigenvalue weighted by molar-refractivity contribution is -0.123. The summed E-state index contributed by atoms with van der Waals surface area (Å²) in [4.78, 5) is 33.1. The van der Waals surface area contributed by atoms with Gasteiger partial charge in [-0.2, -0.15) is 0 Å². The van der Waals surface area contributed by atoms with E-state index in [0.29, 0.717) is 16.4 Å². The second-order valence-electron chi connectivity index (χ2n) is 7.89. The molecule has 7 heteroatoms. The highest BCUT2D eigenvalue weighted by molar-refractivity contribution is 7.18. The quantitative estimate of drug-likeness (QED) is 0.542. The van der Waals surface area contributed by atoms with E-state index in [9.17, 15) is 9.59 Å². The van der Waals surface area contributed by atoms with Crippen LogP contribution >= 0.6 is 11.3 Å². The first-order valence-electron chi connectivity index (χ1n) is 9.38. The maximum Gasteiger partial charge on any atom is 0.261 e. The number of rotatable bonds is 6. The number of hydrogen-bond acceptors (Lipinski definition) is 4. The Labute approximate surface area is 168 Å². The zero-order chi connectivity index (χ0) is 20.3. The minimum Gasteiger partial charge on any atom is -0.351 e. The Bertz CT molecular complexity index is 964. The van der Waals surface area contributed by atoms with Crippen molar-refractivity contribution in [2.75, 3.05) is 11.9 Å². The third kappa shape index (κ3) is 4.78. The van der Waals surface area contributed by atoms with Gasteiger partial charge in [0.25, 0.3) is 5.91 Å². The second kappa shape index (κ2) is 8.14. The molecule has 3 N–H and O–H groups in total. The summed E-state index contributed by atoms with van der Waals surface area (Å²) >= 11 is 1.31. The molecule has 148 valence electrons. The molecule has 3 rings (SSSR count). The van der Waals surface area contributed by atoms with Crippen LogP contribution in [0.5, 0.6) is 0 Å². The van der Waals surface area contributed by atoms with Crippen molar-refractivity contribution in [1.29, 1.82) is 0 Å². The van der Waals surface area contributed by atoms with Crippen molar-refractivity contribution >= 4 is 39.2 Å². The highest BCUT2D eigenvalue weighted by atomic mass is 32.1. The molecule has 3 aromatic rings. The fraction of sp³-hybridized carbons (Fsp3) is 0.381. The first-order valence-corrected chi connectivity index (χ1v) is 10.2. The molecule has 0 aliphatic carbocycles. The van der Waals surface area contributed by atoms with Crippen molar-refractivity contribution in [2.45, 2.75) is 40.5 Å². The average molecular weight is 399 g/mol. The molecule has 0 spiro atoms. The van der Waals surface area contributed by atoms with Crippen molar-refractivity contribution in [3.8, 4) is 0 Å². The molecule has 6 nitrogen and oxygen atoms in total. The number of nitrogens with one attached hydrogen (secondary N) is 3. The van der Waals surface area contributed by atoms with E-state index in [1.54, 1.807) is 0 Å². The number of carbonyl (C=O) groups excluding carboxylic acids is 2. The molecule has 0 saturated heterocycles. The van der Waals surface area contributed by atoms with Crippen LogP contribution in [0.1, 0.15) is 48.3 Å². The van der Waals surface area contributed by atoms with Crippen LogP contribution in [0.2, 0.25) is 0 Å². The zero-order valence-electron chi connectivity index (χ0n) is 16.7. The lowest BCUT2D eigenvalue weighted by Crippen LogP contribution is -2.27. The standard InChI is InChI=1S/C21H26N4O2S/c1-13-12-17(25-20(27)21(2,3)4)28-18(13)19(26)22-11-7-10-16-23-14-8-5-6-9-15(14)24-16/h5-6,8-9,12H,7,10-11H2,1-4H3,(H,22,26)(H,23,24)(H,25,27). The third-order valence-corrected chi connectivity index (χ3v) is 5.51. The third-order valence-electron chi connectivity index (χ3n) is 4.36. The maximum atomic E-state index is 12.5. The Hall–Kier alpha value is -2.67. The molecule has 0 fully saturated rings. The average Bonchev–Trinajstić information content (AvgIpc) is 3.20. The largest absolute Gasteiger partial charge is 0.351 e. The van der Waals surface area contributed by atoms with Crippen molar-refractivity contribution in [3.05, 3.63) is 46.6 Å². The number of aromatic amines is 1. The van der Waals surface area contributed by atoms with E-state index in [1.165, 1.54) is 11.3 Å². The summed E-state index contributed by atoms with van der Waals surface area (Å²) in [5, 5.41) is 6.54. The van der Waals surface area contributed by atoms with Crippen molar-refractivity contribution in [1.82, 2.24) is 15.3 Å². The molecule has 2 amide bonds. The van der Waals surface area contributed by atoms with Gasteiger partial charge in [0.1, 0.15) is 5.82 Å². The summed E-state index contributed by atoms with van der Waals surface area (Å²) in [5.41, 5.74) is 2.38. The van der Waals surface area contributed by atoms with Crippen LogP contribution in [0.3, 0.4) is 0 Å². The maximum absolute atomic E-state index is 12.5. The van der Waals surface area contributed by atoms with Gasteiger partial charge in [-0.1, -0.05) is 32.9 Å². The van der Waals surface area contributed by atoms with Crippen LogP contribution in [-0.4, -0.2) is 28.3 Å². The minimum absolute atomic E-state index is 0.0634. The Morgan fingerprint density at radius 1 is 1.21 bits per heavy atom. The monoisotopic (exact) mass is 398 g/mol. The van der Waals surface area contributed by atoms with Crippen LogP contribution in [0.25, 0.3) is 11.0 Å². The van der Waals surface area contributed by atoms with Crippen LogP contribution in [-0.2, 0) is 11.2 Å². The van der Waals surface area contributed by atoms with Crippen LogP contribution < -0.4 is 10.6 Å². The molecule has 0 atom stereocenters. The van der Waals surface area contributed by atoms with Gasteiger partial charge in [-0.05, 0) is 37.1 Å². The van der Waals surface area contributed by atoms with Gasteiger partial charge < -0.3 is 15.6 Å². The molecule has 0 bridgehead atoms. The van der Waals surface area contributed by atoms with Gasteiger partial charge in [-0.25, -0.2) is 4.98 Å². The number of aryl methyl sites for hydroxylation is 2. The molecular weight excluding hydrogens is 372 g/mol. The summed E-state index contributed by atoms with van der Waals surface area (Å²) < 4.78 is 0. The Balaban J connectivity index is 1.51. The molecule has 1 aromatic carbocycles. The zero-order valence-corrected chi connectivity index (χ0v) is 17.5. The molecule has 0 saturated carbocycles. The molecule has 0 radical (unpaired) electrons. The molecule has 2 heterocycles. The first-order chi connectivity index (χ1) is 13.2.